The molecule has 0 aliphatic rings. The van der Waals surface area contributed by atoms with Crippen LogP contribution in [0.4, 0.5) is 0 Å². The molecule has 0 aliphatic heterocycles. The SMILES string of the molecule is CCNC(Cc1ccc(C(C)C)cc1)c1ccnn1C. The quantitative estimate of drug-likeness (QED) is 0.872. The summed E-state index contributed by atoms with van der Waals surface area (Å²) >= 11 is 0. The second-order valence-corrected chi connectivity index (χ2v) is 5.59. The lowest BCUT2D eigenvalue weighted by Crippen LogP contribution is -2.25. The summed E-state index contributed by atoms with van der Waals surface area (Å²) in [6.07, 6.45) is 2.85. The zero-order valence-electron chi connectivity index (χ0n) is 12.9. The Bertz CT molecular complexity index is 525. The first-order valence-electron chi connectivity index (χ1n) is 7.42. The van der Waals surface area contributed by atoms with Crippen LogP contribution in [0.1, 0.15) is 49.6 Å². The van der Waals surface area contributed by atoms with Crippen molar-refractivity contribution in [2.75, 3.05) is 6.54 Å². The van der Waals surface area contributed by atoms with E-state index in [1.165, 1.54) is 16.8 Å². The summed E-state index contributed by atoms with van der Waals surface area (Å²) in [6.45, 7) is 7.56. The van der Waals surface area contributed by atoms with E-state index in [0.29, 0.717) is 12.0 Å². The molecule has 1 unspecified atom stereocenters. The molecule has 0 spiro atoms. The number of hydrogen-bond donors (Lipinski definition) is 1. The second-order valence-electron chi connectivity index (χ2n) is 5.59. The van der Waals surface area contributed by atoms with Crippen LogP contribution in [-0.4, -0.2) is 16.3 Å². The third-order valence-electron chi connectivity index (χ3n) is 3.75. The van der Waals surface area contributed by atoms with Crippen LogP contribution in [0, 0.1) is 0 Å². The van der Waals surface area contributed by atoms with Gasteiger partial charge in [0.25, 0.3) is 0 Å². The highest BCUT2D eigenvalue weighted by Crippen LogP contribution is 2.20. The van der Waals surface area contributed by atoms with Crippen molar-refractivity contribution >= 4 is 0 Å². The first-order chi connectivity index (χ1) is 9.61. The molecule has 2 aromatic rings. The number of aryl methyl sites for hydroxylation is 1. The van der Waals surface area contributed by atoms with Crippen molar-refractivity contribution in [2.45, 2.75) is 39.2 Å². The average molecular weight is 271 g/mol. The number of likely N-dealkylation sites (N-methyl/N-ethyl adjacent to an activating group) is 1. The number of nitrogens with one attached hydrogen (secondary N) is 1. The zero-order chi connectivity index (χ0) is 14.5. The Hall–Kier alpha value is -1.61. The summed E-state index contributed by atoms with van der Waals surface area (Å²) in [5, 5.41) is 7.83. The average Bonchev–Trinajstić information content (AvgIpc) is 2.85. The molecule has 20 heavy (non-hydrogen) atoms. The standard InChI is InChI=1S/C17H25N3/c1-5-18-16(17-10-11-19-20(17)4)12-14-6-8-15(9-7-14)13(2)3/h6-11,13,16,18H,5,12H2,1-4H3. The first-order valence-corrected chi connectivity index (χ1v) is 7.42. The van der Waals surface area contributed by atoms with Gasteiger partial charge in [0.1, 0.15) is 0 Å². The minimum absolute atomic E-state index is 0.317. The molecule has 0 bridgehead atoms. The fourth-order valence-electron chi connectivity index (χ4n) is 2.53. The molecule has 0 fully saturated rings. The minimum atomic E-state index is 0.317. The van der Waals surface area contributed by atoms with Crippen molar-refractivity contribution in [2.24, 2.45) is 7.05 Å². The van der Waals surface area contributed by atoms with Crippen LogP contribution in [-0.2, 0) is 13.5 Å². The van der Waals surface area contributed by atoms with E-state index in [1.54, 1.807) is 0 Å². The smallest absolute Gasteiger partial charge is 0.0553 e. The normalized spacial score (nSPS) is 12.8. The molecule has 0 aliphatic carbocycles. The Morgan fingerprint density at radius 2 is 1.85 bits per heavy atom. The van der Waals surface area contributed by atoms with Gasteiger partial charge in [-0.15, -0.1) is 0 Å². The molecular weight excluding hydrogens is 246 g/mol. The molecule has 0 amide bonds. The van der Waals surface area contributed by atoms with E-state index in [-0.39, 0.29) is 0 Å². The maximum atomic E-state index is 4.28. The summed E-state index contributed by atoms with van der Waals surface area (Å²) in [6, 6.07) is 11.4. The predicted octanol–water partition coefficient (Wildman–Crippen LogP) is 3.44. The van der Waals surface area contributed by atoms with Crippen LogP contribution in [0.25, 0.3) is 0 Å². The Balaban J connectivity index is 2.14. The van der Waals surface area contributed by atoms with Gasteiger partial charge >= 0.3 is 0 Å². The van der Waals surface area contributed by atoms with Gasteiger partial charge in [-0.1, -0.05) is 45.0 Å². The van der Waals surface area contributed by atoms with Gasteiger partial charge in [0.15, 0.2) is 0 Å². The molecule has 2 rings (SSSR count). The van der Waals surface area contributed by atoms with Crippen molar-refractivity contribution in [3.8, 4) is 0 Å². The van der Waals surface area contributed by atoms with Gasteiger partial charge in [-0.05, 0) is 36.1 Å². The van der Waals surface area contributed by atoms with E-state index in [9.17, 15) is 0 Å². The maximum absolute atomic E-state index is 4.28. The van der Waals surface area contributed by atoms with E-state index in [2.05, 4.69) is 61.5 Å². The molecule has 0 saturated carbocycles. The van der Waals surface area contributed by atoms with Crippen molar-refractivity contribution < 1.29 is 0 Å². The Labute approximate surface area is 122 Å². The van der Waals surface area contributed by atoms with Gasteiger partial charge in [0.05, 0.1) is 11.7 Å². The lowest BCUT2D eigenvalue weighted by molar-refractivity contribution is 0.508. The van der Waals surface area contributed by atoms with Crippen LogP contribution >= 0.6 is 0 Å². The summed E-state index contributed by atoms with van der Waals surface area (Å²) in [5.41, 5.74) is 4.00. The summed E-state index contributed by atoms with van der Waals surface area (Å²) in [4.78, 5) is 0. The molecule has 1 N–H and O–H groups in total. The van der Waals surface area contributed by atoms with Gasteiger partial charge in [-0.25, -0.2) is 0 Å². The number of nitrogens with zero attached hydrogens (tertiary/aromatic N) is 2. The monoisotopic (exact) mass is 271 g/mol. The number of aromatic nitrogens is 2. The highest BCUT2D eigenvalue weighted by molar-refractivity contribution is 5.26. The molecule has 0 saturated heterocycles. The maximum Gasteiger partial charge on any atom is 0.0553 e. The van der Waals surface area contributed by atoms with Crippen LogP contribution in [0.3, 0.4) is 0 Å². The van der Waals surface area contributed by atoms with Crippen molar-refractivity contribution in [3.63, 3.8) is 0 Å². The molecule has 1 atom stereocenters. The summed E-state index contributed by atoms with van der Waals surface area (Å²) in [7, 11) is 2.00. The summed E-state index contributed by atoms with van der Waals surface area (Å²) in [5.74, 6) is 0.589. The largest absolute Gasteiger partial charge is 0.309 e. The van der Waals surface area contributed by atoms with E-state index in [4.69, 9.17) is 0 Å². The molecule has 1 heterocycles. The van der Waals surface area contributed by atoms with Crippen molar-refractivity contribution in [1.29, 1.82) is 0 Å². The van der Waals surface area contributed by atoms with Crippen LogP contribution < -0.4 is 5.32 Å². The predicted molar refractivity (Wildman–Crippen MR) is 83.9 cm³/mol. The van der Waals surface area contributed by atoms with Gasteiger partial charge in [-0.3, -0.25) is 4.68 Å². The fourth-order valence-corrected chi connectivity index (χ4v) is 2.53. The van der Waals surface area contributed by atoms with Crippen LogP contribution in [0.15, 0.2) is 36.5 Å². The Kier molecular flexibility index (Phi) is 4.96. The molecule has 1 aromatic carbocycles. The lowest BCUT2D eigenvalue weighted by atomic mass is 9.98. The van der Waals surface area contributed by atoms with Crippen LogP contribution in [0.5, 0.6) is 0 Å². The molecular formula is C17H25N3. The van der Waals surface area contributed by atoms with Crippen LogP contribution in [0.2, 0.25) is 0 Å². The molecule has 0 radical (unpaired) electrons. The third kappa shape index (κ3) is 3.48. The van der Waals surface area contributed by atoms with Gasteiger partial charge in [-0.2, -0.15) is 5.10 Å². The lowest BCUT2D eigenvalue weighted by Gasteiger charge is -2.18. The number of rotatable bonds is 6. The van der Waals surface area contributed by atoms with Crippen molar-refractivity contribution in [3.05, 3.63) is 53.3 Å². The Morgan fingerprint density at radius 1 is 1.15 bits per heavy atom. The molecule has 1 aromatic heterocycles. The van der Waals surface area contributed by atoms with E-state index in [0.717, 1.165) is 13.0 Å². The van der Waals surface area contributed by atoms with E-state index in [1.807, 2.05) is 17.9 Å². The number of benzene rings is 1. The third-order valence-corrected chi connectivity index (χ3v) is 3.75. The fraction of sp³-hybridized carbons (Fsp3) is 0.471. The van der Waals surface area contributed by atoms with Gasteiger partial charge in [0.2, 0.25) is 0 Å². The number of hydrogen-bond acceptors (Lipinski definition) is 2. The van der Waals surface area contributed by atoms with Crippen molar-refractivity contribution in [1.82, 2.24) is 15.1 Å². The van der Waals surface area contributed by atoms with Gasteiger partial charge in [0, 0.05) is 13.2 Å². The topological polar surface area (TPSA) is 29.9 Å². The van der Waals surface area contributed by atoms with E-state index >= 15 is 0 Å². The minimum Gasteiger partial charge on any atom is -0.309 e. The molecule has 3 nitrogen and oxygen atoms in total. The highest BCUT2D eigenvalue weighted by Gasteiger charge is 2.14. The highest BCUT2D eigenvalue weighted by atomic mass is 15.3. The first kappa shape index (κ1) is 14.8. The second kappa shape index (κ2) is 6.71. The van der Waals surface area contributed by atoms with E-state index < -0.39 is 0 Å². The molecule has 3 heteroatoms. The Morgan fingerprint density at radius 3 is 2.35 bits per heavy atom. The molecule has 108 valence electrons. The summed E-state index contributed by atoms with van der Waals surface area (Å²) < 4.78 is 1.95. The van der Waals surface area contributed by atoms with Gasteiger partial charge < -0.3 is 5.32 Å². The zero-order valence-corrected chi connectivity index (χ0v) is 12.9.